The molecule has 3 aliphatic rings. The topological polar surface area (TPSA) is 115 Å². The lowest BCUT2D eigenvalue weighted by Gasteiger charge is -2.37. The maximum Gasteiger partial charge on any atom is 0.226 e. The molecule has 1 aliphatic heterocycles. The van der Waals surface area contributed by atoms with E-state index in [1.807, 2.05) is 0 Å². The van der Waals surface area contributed by atoms with Gasteiger partial charge < -0.3 is 10.6 Å². The Hall–Kier alpha value is -2.98. The molecule has 0 aromatic heterocycles. The van der Waals surface area contributed by atoms with Crippen molar-refractivity contribution in [2.45, 2.75) is 87.6 Å². The number of sulfone groups is 1. The first kappa shape index (κ1) is 33.4. The number of carbonyl (C=O) groups excluding carboxylic acids is 3. The zero-order chi connectivity index (χ0) is 32.1. The number of carbonyl (C=O) groups is 3. The van der Waals surface area contributed by atoms with E-state index in [4.69, 9.17) is 5.73 Å². The highest BCUT2D eigenvalue weighted by molar-refractivity contribution is 7.92. The number of alkyl halides is 1. The third-order valence-electron chi connectivity index (χ3n) is 10.4. The van der Waals surface area contributed by atoms with Crippen molar-refractivity contribution >= 4 is 27.3 Å². The van der Waals surface area contributed by atoms with Gasteiger partial charge in [-0.2, -0.15) is 0 Å². The highest BCUT2D eigenvalue weighted by atomic mass is 32.2. The molecule has 2 saturated carbocycles. The van der Waals surface area contributed by atoms with Crippen LogP contribution in [0.25, 0.3) is 0 Å². The average Bonchev–Trinajstić information content (AvgIpc) is 3.50. The standard InChI is InChI=1S/C35H44F2N2O5S/c36-21-31(38)25-12-14-26(15-13-25)35(42)39-18-17-28(24-7-3-1-4-8-24)34(39)32(40)20-23-11-16-29(30(37)19-23)33(41)22-45(43,44)27-9-5-2-6-10-27/h2,5-6,9-11,16,19,24-26,28,31,34H,1,3-4,7-8,12-15,17-18,20-22,38H2/t25?,26?,28-,31+,34-/m0/s1. The van der Waals surface area contributed by atoms with Crippen LogP contribution in [0.4, 0.5) is 8.78 Å². The van der Waals surface area contributed by atoms with E-state index in [1.165, 1.54) is 30.7 Å². The summed E-state index contributed by atoms with van der Waals surface area (Å²) < 4.78 is 53.7. The molecule has 0 radical (unpaired) electrons. The molecule has 2 aromatic rings. The van der Waals surface area contributed by atoms with Crippen LogP contribution < -0.4 is 5.73 Å². The van der Waals surface area contributed by atoms with E-state index >= 15 is 4.39 Å². The zero-order valence-electron chi connectivity index (χ0n) is 25.7. The smallest absolute Gasteiger partial charge is 0.226 e. The molecule has 2 N–H and O–H groups in total. The average molecular weight is 643 g/mol. The number of nitrogens with two attached hydrogens (primary N) is 1. The highest BCUT2D eigenvalue weighted by Gasteiger charge is 2.46. The van der Waals surface area contributed by atoms with Crippen LogP contribution in [0, 0.1) is 29.5 Å². The van der Waals surface area contributed by atoms with Gasteiger partial charge in [0.05, 0.1) is 16.5 Å². The quantitative estimate of drug-likeness (QED) is 0.324. The van der Waals surface area contributed by atoms with Crippen molar-refractivity contribution in [2.24, 2.45) is 29.4 Å². The molecule has 45 heavy (non-hydrogen) atoms. The second-order valence-corrected chi connectivity index (χ2v) is 15.2. The van der Waals surface area contributed by atoms with E-state index in [0.717, 1.165) is 38.2 Å². The van der Waals surface area contributed by atoms with Gasteiger partial charge in [0, 0.05) is 24.9 Å². The first-order valence-corrected chi connectivity index (χ1v) is 18.0. The molecular weight excluding hydrogens is 598 g/mol. The molecule has 0 spiro atoms. The molecule has 3 fully saturated rings. The number of likely N-dealkylation sites (tertiary alicyclic amines) is 1. The molecule has 1 heterocycles. The van der Waals surface area contributed by atoms with Gasteiger partial charge in [0.2, 0.25) is 5.91 Å². The molecule has 2 aromatic carbocycles. The van der Waals surface area contributed by atoms with E-state index in [-0.39, 0.29) is 46.3 Å². The molecule has 7 nitrogen and oxygen atoms in total. The Balaban J connectivity index is 1.30. The Morgan fingerprint density at radius 3 is 2.24 bits per heavy atom. The summed E-state index contributed by atoms with van der Waals surface area (Å²) in [5, 5.41) is 0. The van der Waals surface area contributed by atoms with Crippen molar-refractivity contribution < 1.29 is 31.6 Å². The van der Waals surface area contributed by atoms with Crippen LogP contribution in [0.15, 0.2) is 53.4 Å². The van der Waals surface area contributed by atoms with Crippen LogP contribution in [0.5, 0.6) is 0 Å². The third-order valence-corrected chi connectivity index (χ3v) is 12.0. The number of Topliss-reactive ketones (excluding diaryl/α,β-unsaturated/α-hetero) is 2. The summed E-state index contributed by atoms with van der Waals surface area (Å²) in [5.74, 6) is -2.52. The summed E-state index contributed by atoms with van der Waals surface area (Å²) in [6.45, 7) is -0.0599. The van der Waals surface area contributed by atoms with Gasteiger partial charge in [-0.15, -0.1) is 0 Å². The number of ketones is 2. The first-order valence-electron chi connectivity index (χ1n) is 16.3. The summed E-state index contributed by atoms with van der Waals surface area (Å²) in [6.07, 6.45) is 8.74. The van der Waals surface area contributed by atoms with Gasteiger partial charge in [-0.1, -0.05) is 56.4 Å². The third kappa shape index (κ3) is 7.71. The summed E-state index contributed by atoms with van der Waals surface area (Å²) in [7, 11) is -3.94. The maximum atomic E-state index is 15.2. The minimum Gasteiger partial charge on any atom is -0.332 e. The van der Waals surface area contributed by atoms with Crippen molar-refractivity contribution in [3.8, 4) is 0 Å². The SMILES string of the molecule is N[C@H](CF)C1CCC(C(=O)N2CC[C@@H](C3CCCCC3)[C@H]2C(=O)Cc2ccc(C(=O)CS(=O)(=O)c3ccccc3)c(F)c2)CC1. The predicted octanol–water partition coefficient (Wildman–Crippen LogP) is 5.49. The molecule has 3 atom stereocenters. The number of hydrogen-bond acceptors (Lipinski definition) is 6. The van der Waals surface area contributed by atoms with Crippen molar-refractivity contribution in [1.82, 2.24) is 4.90 Å². The zero-order valence-corrected chi connectivity index (χ0v) is 26.5. The summed E-state index contributed by atoms with van der Waals surface area (Å²) >= 11 is 0. The minimum absolute atomic E-state index is 0.0134. The number of rotatable bonds is 11. The maximum absolute atomic E-state index is 15.2. The molecule has 244 valence electrons. The molecule has 1 saturated heterocycles. The molecular formula is C35H44F2N2O5S. The van der Waals surface area contributed by atoms with E-state index in [2.05, 4.69) is 0 Å². The van der Waals surface area contributed by atoms with Crippen molar-refractivity contribution in [2.75, 3.05) is 19.0 Å². The second kappa shape index (κ2) is 14.6. The molecule has 0 unspecified atom stereocenters. The Labute approximate surface area is 264 Å². The van der Waals surface area contributed by atoms with Crippen LogP contribution in [0.3, 0.4) is 0 Å². The second-order valence-electron chi connectivity index (χ2n) is 13.2. The summed E-state index contributed by atoms with van der Waals surface area (Å²) in [6, 6.07) is 10.3. The van der Waals surface area contributed by atoms with Crippen molar-refractivity contribution in [1.29, 1.82) is 0 Å². The number of hydrogen-bond donors (Lipinski definition) is 1. The summed E-state index contributed by atoms with van der Waals surface area (Å²) in [5.41, 5.74) is 5.96. The van der Waals surface area contributed by atoms with Gasteiger partial charge in [-0.05, 0) is 79.7 Å². The molecule has 10 heteroatoms. The van der Waals surface area contributed by atoms with Gasteiger partial charge in [-0.25, -0.2) is 17.2 Å². The predicted molar refractivity (Wildman–Crippen MR) is 168 cm³/mol. The fourth-order valence-corrected chi connectivity index (χ4v) is 9.09. The van der Waals surface area contributed by atoms with Crippen LogP contribution in [-0.2, 0) is 25.8 Å². The lowest BCUT2D eigenvalue weighted by atomic mass is 9.75. The van der Waals surface area contributed by atoms with E-state index in [0.29, 0.717) is 43.7 Å². The molecule has 1 amide bonds. The van der Waals surface area contributed by atoms with Gasteiger partial charge in [-0.3, -0.25) is 14.4 Å². The normalized spacial score (nSPS) is 25.2. The van der Waals surface area contributed by atoms with E-state index in [1.54, 1.807) is 23.1 Å². The Morgan fingerprint density at radius 2 is 1.60 bits per heavy atom. The molecule has 0 bridgehead atoms. The fourth-order valence-electron chi connectivity index (χ4n) is 7.85. The lowest BCUT2D eigenvalue weighted by Crippen LogP contribution is -2.48. The Morgan fingerprint density at radius 1 is 0.911 bits per heavy atom. The number of nitrogens with zero attached hydrogens (tertiary/aromatic N) is 1. The Bertz CT molecular complexity index is 1470. The van der Waals surface area contributed by atoms with Gasteiger partial charge in [0.1, 0.15) is 18.2 Å². The minimum atomic E-state index is -3.94. The first-order chi connectivity index (χ1) is 21.6. The molecule has 5 rings (SSSR count). The number of halogens is 2. The number of benzene rings is 2. The Kier molecular flexibility index (Phi) is 10.9. The fraction of sp³-hybridized carbons (Fsp3) is 0.571. The molecule has 2 aliphatic carbocycles. The van der Waals surface area contributed by atoms with Crippen molar-refractivity contribution in [3.63, 3.8) is 0 Å². The van der Waals surface area contributed by atoms with Gasteiger partial charge >= 0.3 is 0 Å². The van der Waals surface area contributed by atoms with Gasteiger partial charge in [0.25, 0.3) is 0 Å². The monoisotopic (exact) mass is 642 g/mol. The van der Waals surface area contributed by atoms with Gasteiger partial charge in [0.15, 0.2) is 21.4 Å². The van der Waals surface area contributed by atoms with Crippen LogP contribution in [0.1, 0.15) is 80.1 Å². The van der Waals surface area contributed by atoms with E-state index < -0.39 is 45.9 Å². The van der Waals surface area contributed by atoms with Crippen LogP contribution in [0.2, 0.25) is 0 Å². The van der Waals surface area contributed by atoms with Crippen LogP contribution >= 0.6 is 0 Å². The summed E-state index contributed by atoms with van der Waals surface area (Å²) in [4.78, 5) is 42.4. The van der Waals surface area contributed by atoms with E-state index in [9.17, 15) is 27.2 Å². The lowest BCUT2D eigenvalue weighted by molar-refractivity contribution is -0.143. The van der Waals surface area contributed by atoms with Crippen molar-refractivity contribution in [3.05, 3.63) is 65.5 Å². The highest BCUT2D eigenvalue weighted by Crippen LogP contribution is 2.41. The van der Waals surface area contributed by atoms with Crippen LogP contribution in [-0.4, -0.2) is 61.8 Å². The number of amides is 1. The largest absolute Gasteiger partial charge is 0.332 e.